The highest BCUT2D eigenvalue weighted by molar-refractivity contribution is 14.1. The Hall–Kier alpha value is -1.95. The number of esters is 1. The van der Waals surface area contributed by atoms with E-state index in [4.69, 9.17) is 4.74 Å². The molecule has 4 atom stereocenters. The highest BCUT2D eigenvalue weighted by Gasteiger charge is 2.52. The van der Waals surface area contributed by atoms with Crippen LogP contribution in [0.5, 0.6) is 0 Å². The lowest BCUT2D eigenvalue weighted by Crippen LogP contribution is -2.50. The number of rotatable bonds is 6. The molecular formula is C24H30IN3O5S. The van der Waals surface area contributed by atoms with Gasteiger partial charge in [-0.3, -0.25) is 9.59 Å². The van der Waals surface area contributed by atoms with Gasteiger partial charge in [0.2, 0.25) is 5.91 Å². The molecule has 2 bridgehead atoms. The maximum Gasteiger partial charge on any atom is 0.311 e. The molecule has 3 aliphatic rings. The van der Waals surface area contributed by atoms with Gasteiger partial charge in [0, 0.05) is 10.1 Å². The third-order valence-electron chi connectivity index (χ3n) is 6.72. The van der Waals surface area contributed by atoms with Gasteiger partial charge in [-0.15, -0.1) is 4.40 Å². The minimum absolute atomic E-state index is 0.0211. The number of ether oxygens (including phenoxy) is 1. The van der Waals surface area contributed by atoms with Crippen molar-refractivity contribution in [3.8, 4) is 0 Å². The molecule has 1 aliphatic heterocycles. The molecule has 2 aliphatic carbocycles. The third-order valence-corrected chi connectivity index (χ3v) is 8.75. The number of carbonyl (C=O) groups excluding carboxylic acids is 2. The Morgan fingerprint density at radius 3 is 2.62 bits per heavy atom. The van der Waals surface area contributed by atoms with Crippen molar-refractivity contribution in [1.82, 2.24) is 4.90 Å². The zero-order valence-electron chi connectivity index (χ0n) is 19.7. The maximum absolute atomic E-state index is 13.7. The minimum atomic E-state index is -3.91. The Morgan fingerprint density at radius 2 is 1.94 bits per heavy atom. The molecule has 4 unspecified atom stereocenters. The number of hydrogen-bond acceptors (Lipinski definition) is 6. The molecule has 1 aromatic rings. The van der Waals surface area contributed by atoms with Crippen molar-refractivity contribution < 1.29 is 22.7 Å². The highest BCUT2D eigenvalue weighted by Crippen LogP contribution is 2.47. The molecule has 1 fully saturated rings. The van der Waals surface area contributed by atoms with E-state index < -0.39 is 15.9 Å². The largest absolute Gasteiger partial charge is 0.469 e. The predicted molar refractivity (Wildman–Crippen MR) is 138 cm³/mol. The molecule has 0 spiro atoms. The number of amides is 1. The summed E-state index contributed by atoms with van der Waals surface area (Å²) in [4.78, 5) is 28.2. The van der Waals surface area contributed by atoms with E-state index in [1.54, 1.807) is 23.1 Å². The summed E-state index contributed by atoms with van der Waals surface area (Å²) in [6, 6.07) is 4.72. The first-order valence-corrected chi connectivity index (χ1v) is 13.9. The van der Waals surface area contributed by atoms with Crippen LogP contribution in [0.15, 0.2) is 39.6 Å². The molecule has 0 aromatic heterocycles. The molecule has 1 N–H and O–H groups in total. The van der Waals surface area contributed by atoms with Crippen molar-refractivity contribution in [3.63, 3.8) is 0 Å². The summed E-state index contributed by atoms with van der Waals surface area (Å²) < 4.78 is 35.3. The van der Waals surface area contributed by atoms with Gasteiger partial charge in [-0.2, -0.15) is 8.42 Å². The molecule has 8 nitrogen and oxygen atoms in total. The Labute approximate surface area is 214 Å². The molecule has 0 saturated heterocycles. The fourth-order valence-electron chi connectivity index (χ4n) is 5.07. The number of benzene rings is 1. The van der Waals surface area contributed by atoms with Crippen LogP contribution in [0.4, 0.5) is 5.69 Å². The quantitative estimate of drug-likeness (QED) is 0.303. The van der Waals surface area contributed by atoms with Gasteiger partial charge in [-0.05, 0) is 70.9 Å². The van der Waals surface area contributed by atoms with Gasteiger partial charge in [0.05, 0.1) is 31.2 Å². The van der Waals surface area contributed by atoms with Crippen LogP contribution in [0.3, 0.4) is 0 Å². The average Bonchev–Trinajstić information content (AvgIpc) is 3.35. The van der Waals surface area contributed by atoms with Crippen molar-refractivity contribution in [2.24, 2.45) is 27.6 Å². The van der Waals surface area contributed by atoms with Crippen LogP contribution in [0, 0.1) is 26.7 Å². The number of amidine groups is 1. The number of nitrogens with zero attached hydrogens (tertiary/aromatic N) is 2. The summed E-state index contributed by atoms with van der Waals surface area (Å²) >= 11 is 2.05. The summed E-state index contributed by atoms with van der Waals surface area (Å²) in [5.41, 5.74) is 0.391. The zero-order valence-corrected chi connectivity index (χ0v) is 22.7. The molecule has 34 heavy (non-hydrogen) atoms. The van der Waals surface area contributed by atoms with Gasteiger partial charge >= 0.3 is 5.97 Å². The molecule has 1 aromatic carbocycles. The Bertz CT molecular complexity index is 1170. The Morgan fingerprint density at radius 1 is 1.24 bits per heavy atom. The highest BCUT2D eigenvalue weighted by atomic mass is 127. The summed E-state index contributed by atoms with van der Waals surface area (Å²) in [5, 5.41) is 3.02. The normalized spacial score (nSPS) is 26.4. The van der Waals surface area contributed by atoms with Crippen LogP contribution >= 0.6 is 22.6 Å². The van der Waals surface area contributed by atoms with Gasteiger partial charge in [0.15, 0.2) is 0 Å². The fourth-order valence-corrected chi connectivity index (χ4v) is 6.95. The lowest BCUT2D eigenvalue weighted by Gasteiger charge is -2.38. The second-order valence-corrected chi connectivity index (χ2v) is 13.2. The maximum atomic E-state index is 13.7. The predicted octanol–water partition coefficient (Wildman–Crippen LogP) is 3.82. The average molecular weight is 599 g/mol. The Kier molecular flexibility index (Phi) is 6.84. The second kappa shape index (κ2) is 9.25. The zero-order chi connectivity index (χ0) is 24.8. The van der Waals surface area contributed by atoms with Gasteiger partial charge in [0.1, 0.15) is 10.7 Å². The van der Waals surface area contributed by atoms with Crippen LogP contribution in [-0.2, 0) is 24.3 Å². The Balaban J connectivity index is 1.62. The summed E-state index contributed by atoms with van der Waals surface area (Å²) in [6.07, 6.45) is 5.49. The summed E-state index contributed by atoms with van der Waals surface area (Å²) in [7, 11) is -2.54. The molecule has 1 saturated carbocycles. The van der Waals surface area contributed by atoms with Gasteiger partial charge < -0.3 is 15.0 Å². The number of nitrogens with one attached hydrogen (secondary N) is 1. The van der Waals surface area contributed by atoms with Crippen molar-refractivity contribution in [3.05, 3.63) is 33.9 Å². The standard InChI is InChI=1S/C24H30IN3O5S/c1-24(2,3)9-10-28(22-15-6-5-14(11-15)21(22)23(30)33-4)20(29)13-19-26-17-8-7-16(25)12-18(17)34(31,32)27-19/h5-8,12,14-15,21-22H,9-11,13H2,1-4H3,(H,26,27). The number of sulfonamides is 1. The smallest absolute Gasteiger partial charge is 0.311 e. The second-order valence-electron chi connectivity index (χ2n) is 10.3. The number of anilines is 1. The first-order chi connectivity index (χ1) is 15.9. The third kappa shape index (κ3) is 5.02. The van der Waals surface area contributed by atoms with Crippen molar-refractivity contribution in [2.75, 3.05) is 19.0 Å². The first-order valence-electron chi connectivity index (χ1n) is 11.4. The van der Waals surface area contributed by atoms with Crippen LogP contribution < -0.4 is 5.32 Å². The topological polar surface area (TPSA) is 105 Å². The van der Waals surface area contributed by atoms with E-state index in [-0.39, 0.29) is 52.3 Å². The van der Waals surface area contributed by atoms with Crippen LogP contribution in [0.1, 0.15) is 40.0 Å². The fraction of sp³-hybridized carbons (Fsp3) is 0.542. The summed E-state index contributed by atoms with van der Waals surface area (Å²) in [6.45, 7) is 6.77. The monoisotopic (exact) mass is 599 g/mol. The molecule has 4 rings (SSSR count). The molecule has 1 heterocycles. The van der Waals surface area contributed by atoms with Gasteiger partial charge in [-0.1, -0.05) is 32.9 Å². The van der Waals surface area contributed by atoms with E-state index >= 15 is 0 Å². The van der Waals surface area contributed by atoms with E-state index in [1.807, 2.05) is 28.7 Å². The van der Waals surface area contributed by atoms with E-state index in [1.165, 1.54) is 7.11 Å². The SMILES string of the molecule is COC(=O)C1C2C=CC(C2)C1N(CCC(C)(C)C)C(=O)CC1=NS(=O)(=O)c2cc(I)ccc2N1. The lowest BCUT2D eigenvalue weighted by molar-refractivity contribution is -0.150. The molecule has 10 heteroatoms. The van der Waals surface area contributed by atoms with Gasteiger partial charge in [0.25, 0.3) is 10.0 Å². The van der Waals surface area contributed by atoms with Crippen molar-refractivity contribution in [2.45, 2.75) is 51.0 Å². The van der Waals surface area contributed by atoms with Crippen LogP contribution in [0.2, 0.25) is 0 Å². The van der Waals surface area contributed by atoms with Crippen molar-refractivity contribution in [1.29, 1.82) is 0 Å². The van der Waals surface area contributed by atoms with E-state index in [9.17, 15) is 18.0 Å². The van der Waals surface area contributed by atoms with Crippen molar-refractivity contribution >= 4 is 56.0 Å². The number of fused-ring (bicyclic) bond motifs is 3. The minimum Gasteiger partial charge on any atom is -0.469 e. The van der Waals surface area contributed by atoms with Crippen LogP contribution in [0.25, 0.3) is 0 Å². The van der Waals surface area contributed by atoms with E-state index in [0.717, 1.165) is 16.4 Å². The number of methoxy groups -OCH3 is 1. The van der Waals surface area contributed by atoms with E-state index in [2.05, 4.69) is 36.6 Å². The summed E-state index contributed by atoms with van der Waals surface area (Å²) in [5.74, 6) is -0.767. The number of hydrogen-bond donors (Lipinski definition) is 1. The molecule has 184 valence electrons. The number of allylic oxidation sites excluding steroid dienone is 1. The molecular weight excluding hydrogens is 569 g/mol. The molecule has 0 radical (unpaired) electrons. The first kappa shape index (κ1) is 25.2. The molecule has 1 amide bonds. The van der Waals surface area contributed by atoms with E-state index in [0.29, 0.717) is 12.2 Å². The number of halogens is 1. The number of carbonyl (C=O) groups is 2. The van der Waals surface area contributed by atoms with Crippen LogP contribution in [-0.4, -0.2) is 50.7 Å². The lowest BCUT2D eigenvalue weighted by atomic mass is 9.86. The van der Waals surface area contributed by atoms with Gasteiger partial charge in [-0.25, -0.2) is 0 Å².